The van der Waals surface area contributed by atoms with Gasteiger partial charge in [0.2, 0.25) is 0 Å². The van der Waals surface area contributed by atoms with Crippen LogP contribution in [0, 0.1) is 0 Å². The third kappa shape index (κ3) is 3.53. The van der Waals surface area contributed by atoms with Crippen LogP contribution in [0.2, 0.25) is 0 Å². The molecule has 6 heteroatoms. The Morgan fingerprint density at radius 1 is 1.18 bits per heavy atom. The Kier molecular flexibility index (Phi) is 3.52. The number of hydrogen-bond acceptors (Lipinski definition) is 0. The van der Waals surface area contributed by atoms with Gasteiger partial charge in [0.1, 0.15) is 0 Å². The molecular formula is C5H6F5I. The molecule has 0 spiro atoms. The van der Waals surface area contributed by atoms with Crippen molar-refractivity contribution in [1.29, 1.82) is 0 Å². The first-order valence-corrected chi connectivity index (χ1v) is 4.00. The number of halogens is 6. The standard InChI is InChI=1S/C5H6F5I/c1-3(11)2-4(6,7)5(8,9)10/h3H,2H2,1H3/t3-/m1/s1. The summed E-state index contributed by atoms with van der Waals surface area (Å²) in [5.41, 5.74) is 0. The first-order chi connectivity index (χ1) is 4.67. The van der Waals surface area contributed by atoms with Crippen LogP contribution >= 0.6 is 22.6 Å². The van der Waals surface area contributed by atoms with Crippen LogP contribution < -0.4 is 0 Å². The summed E-state index contributed by atoms with van der Waals surface area (Å²) in [4.78, 5) is 0. The average Bonchev–Trinajstić information content (AvgIpc) is 1.56. The average molecular weight is 288 g/mol. The van der Waals surface area contributed by atoms with Crippen LogP contribution in [0.5, 0.6) is 0 Å². The summed E-state index contributed by atoms with van der Waals surface area (Å²) in [5.74, 6) is -4.55. The lowest BCUT2D eigenvalue weighted by atomic mass is 10.2. The number of rotatable bonds is 2. The van der Waals surface area contributed by atoms with Crippen LogP contribution in [-0.4, -0.2) is 16.0 Å². The van der Waals surface area contributed by atoms with Gasteiger partial charge in [0, 0.05) is 10.3 Å². The van der Waals surface area contributed by atoms with Crippen molar-refractivity contribution in [2.45, 2.75) is 29.4 Å². The number of hydrogen-bond donors (Lipinski definition) is 0. The van der Waals surface area contributed by atoms with Crippen LogP contribution in [0.3, 0.4) is 0 Å². The van der Waals surface area contributed by atoms with E-state index in [0.29, 0.717) is 0 Å². The summed E-state index contributed by atoms with van der Waals surface area (Å²) in [6.07, 6.45) is -6.57. The van der Waals surface area contributed by atoms with Gasteiger partial charge in [0.25, 0.3) is 0 Å². The van der Waals surface area contributed by atoms with Crippen molar-refractivity contribution >= 4 is 22.6 Å². The second kappa shape index (κ2) is 3.40. The van der Waals surface area contributed by atoms with Gasteiger partial charge in [0.15, 0.2) is 0 Å². The van der Waals surface area contributed by atoms with Crippen molar-refractivity contribution in [2.75, 3.05) is 0 Å². The smallest absolute Gasteiger partial charge is 0.196 e. The molecular weight excluding hydrogens is 282 g/mol. The quantitative estimate of drug-likeness (QED) is 0.415. The minimum absolute atomic E-state index is 0.691. The van der Waals surface area contributed by atoms with E-state index >= 15 is 0 Å². The van der Waals surface area contributed by atoms with E-state index in [1.165, 1.54) is 29.5 Å². The maximum absolute atomic E-state index is 12.1. The molecule has 0 aromatic carbocycles. The molecule has 0 N–H and O–H groups in total. The molecule has 0 unspecified atom stereocenters. The molecule has 0 amide bonds. The van der Waals surface area contributed by atoms with Gasteiger partial charge in [-0.15, -0.1) is 0 Å². The predicted molar refractivity (Wildman–Crippen MR) is 39.1 cm³/mol. The minimum Gasteiger partial charge on any atom is -0.196 e. The molecule has 0 nitrogen and oxygen atoms in total. The zero-order valence-corrected chi connectivity index (χ0v) is 7.71. The Bertz CT molecular complexity index is 127. The highest BCUT2D eigenvalue weighted by Crippen LogP contribution is 2.39. The molecule has 0 heterocycles. The highest BCUT2D eigenvalue weighted by Gasteiger charge is 2.57. The van der Waals surface area contributed by atoms with Crippen molar-refractivity contribution in [3.63, 3.8) is 0 Å². The van der Waals surface area contributed by atoms with E-state index in [2.05, 4.69) is 0 Å². The molecule has 0 aliphatic carbocycles. The fourth-order valence-corrected chi connectivity index (χ4v) is 1.02. The zero-order chi connectivity index (χ0) is 9.28. The van der Waals surface area contributed by atoms with Crippen molar-refractivity contribution in [3.05, 3.63) is 0 Å². The third-order valence-corrected chi connectivity index (χ3v) is 1.39. The molecule has 1 atom stereocenters. The van der Waals surface area contributed by atoms with Crippen LogP contribution in [0.1, 0.15) is 13.3 Å². The molecule has 0 bridgehead atoms. The maximum Gasteiger partial charge on any atom is 0.453 e. The predicted octanol–water partition coefficient (Wildman–Crippen LogP) is 3.40. The van der Waals surface area contributed by atoms with Crippen molar-refractivity contribution in [1.82, 2.24) is 0 Å². The Hall–Kier alpha value is 0.380. The third-order valence-electron chi connectivity index (χ3n) is 0.952. The second-order valence-corrected chi connectivity index (χ2v) is 4.31. The fraction of sp³-hybridized carbons (Fsp3) is 1.00. The Labute approximate surface area is 74.3 Å². The molecule has 0 saturated carbocycles. The number of alkyl halides is 6. The molecule has 0 rings (SSSR count). The van der Waals surface area contributed by atoms with Gasteiger partial charge >= 0.3 is 12.1 Å². The molecule has 0 aromatic rings. The lowest BCUT2D eigenvalue weighted by Crippen LogP contribution is -2.37. The Morgan fingerprint density at radius 2 is 1.55 bits per heavy atom. The van der Waals surface area contributed by atoms with Crippen molar-refractivity contribution < 1.29 is 22.0 Å². The van der Waals surface area contributed by atoms with E-state index < -0.39 is 22.4 Å². The van der Waals surface area contributed by atoms with Gasteiger partial charge < -0.3 is 0 Å². The molecule has 0 aliphatic heterocycles. The molecule has 68 valence electrons. The lowest BCUT2D eigenvalue weighted by molar-refractivity contribution is -0.283. The van der Waals surface area contributed by atoms with Crippen LogP contribution in [0.4, 0.5) is 22.0 Å². The minimum atomic E-state index is -5.41. The Balaban J connectivity index is 4.22. The maximum atomic E-state index is 12.1. The SMILES string of the molecule is C[C@@H](I)CC(F)(F)C(F)(F)F. The van der Waals surface area contributed by atoms with Crippen LogP contribution in [0.15, 0.2) is 0 Å². The molecule has 0 aliphatic rings. The van der Waals surface area contributed by atoms with Gasteiger partial charge in [-0.1, -0.05) is 29.5 Å². The van der Waals surface area contributed by atoms with Crippen LogP contribution in [0.25, 0.3) is 0 Å². The van der Waals surface area contributed by atoms with E-state index in [1.54, 1.807) is 0 Å². The zero-order valence-electron chi connectivity index (χ0n) is 5.55. The summed E-state index contributed by atoms with van der Waals surface area (Å²) >= 11 is 1.53. The summed E-state index contributed by atoms with van der Waals surface area (Å²) in [6, 6.07) is 0. The molecule has 0 saturated heterocycles. The van der Waals surface area contributed by atoms with E-state index in [-0.39, 0.29) is 0 Å². The summed E-state index contributed by atoms with van der Waals surface area (Å²) in [7, 11) is 0. The van der Waals surface area contributed by atoms with E-state index in [9.17, 15) is 22.0 Å². The summed E-state index contributed by atoms with van der Waals surface area (Å²) in [5, 5.41) is 0. The summed E-state index contributed by atoms with van der Waals surface area (Å²) < 4.78 is 57.7. The lowest BCUT2D eigenvalue weighted by Gasteiger charge is -2.20. The second-order valence-electron chi connectivity index (χ2n) is 2.19. The van der Waals surface area contributed by atoms with Gasteiger partial charge in [-0.2, -0.15) is 22.0 Å². The van der Waals surface area contributed by atoms with Crippen molar-refractivity contribution in [2.24, 2.45) is 0 Å². The van der Waals surface area contributed by atoms with E-state index in [1.807, 2.05) is 0 Å². The van der Waals surface area contributed by atoms with Gasteiger partial charge in [0.05, 0.1) is 0 Å². The monoisotopic (exact) mass is 288 g/mol. The normalized spacial score (nSPS) is 16.6. The molecule has 0 aromatic heterocycles. The first kappa shape index (κ1) is 11.4. The van der Waals surface area contributed by atoms with E-state index in [0.717, 1.165) is 0 Å². The Morgan fingerprint density at radius 3 is 1.64 bits per heavy atom. The molecule has 0 radical (unpaired) electrons. The highest BCUT2D eigenvalue weighted by molar-refractivity contribution is 14.1. The largest absolute Gasteiger partial charge is 0.453 e. The topological polar surface area (TPSA) is 0 Å². The highest BCUT2D eigenvalue weighted by atomic mass is 127. The van der Waals surface area contributed by atoms with Gasteiger partial charge in [-0.05, 0) is 0 Å². The molecule has 11 heavy (non-hydrogen) atoms. The van der Waals surface area contributed by atoms with Gasteiger partial charge in [-0.25, -0.2) is 0 Å². The first-order valence-electron chi connectivity index (χ1n) is 2.75. The fourth-order valence-electron chi connectivity index (χ4n) is 0.469. The summed E-state index contributed by atoms with van der Waals surface area (Å²) in [6.45, 7) is 1.31. The van der Waals surface area contributed by atoms with Crippen LogP contribution in [-0.2, 0) is 0 Å². The van der Waals surface area contributed by atoms with E-state index in [4.69, 9.17) is 0 Å². The van der Waals surface area contributed by atoms with Gasteiger partial charge in [-0.3, -0.25) is 0 Å². The van der Waals surface area contributed by atoms with Crippen molar-refractivity contribution in [3.8, 4) is 0 Å². The molecule has 0 fully saturated rings.